The van der Waals surface area contributed by atoms with Gasteiger partial charge in [0.15, 0.2) is 0 Å². The van der Waals surface area contributed by atoms with Crippen LogP contribution >= 0.6 is 0 Å². The number of para-hydroxylation sites is 1. The third kappa shape index (κ3) is 5.84. The van der Waals surface area contributed by atoms with Gasteiger partial charge in [-0.25, -0.2) is 9.97 Å². The summed E-state index contributed by atoms with van der Waals surface area (Å²) in [6.45, 7) is 0.762. The second-order valence-corrected chi connectivity index (χ2v) is 6.94. The lowest BCUT2D eigenvalue weighted by Gasteiger charge is -2.08. The van der Waals surface area contributed by atoms with Crippen LogP contribution in [0.4, 0.5) is 5.95 Å². The molecule has 0 saturated heterocycles. The van der Waals surface area contributed by atoms with Crippen LogP contribution in [0.3, 0.4) is 0 Å². The molecule has 28 heavy (non-hydrogen) atoms. The van der Waals surface area contributed by atoms with E-state index in [0.717, 1.165) is 54.0 Å². The zero-order chi connectivity index (χ0) is 19.6. The molecule has 0 aliphatic heterocycles. The first-order valence-corrected chi connectivity index (χ1v) is 10.0. The number of aryl methyl sites for hydroxylation is 1. The van der Waals surface area contributed by atoms with Gasteiger partial charge in [-0.05, 0) is 49.6 Å². The molecule has 0 fully saturated rings. The third-order valence-corrected chi connectivity index (χ3v) is 4.84. The van der Waals surface area contributed by atoms with E-state index in [1.54, 1.807) is 7.11 Å². The molecule has 2 N–H and O–H groups in total. The Morgan fingerprint density at radius 1 is 0.786 bits per heavy atom. The van der Waals surface area contributed by atoms with Crippen molar-refractivity contribution in [3.63, 3.8) is 0 Å². The van der Waals surface area contributed by atoms with Gasteiger partial charge in [0.05, 0.1) is 24.9 Å². The summed E-state index contributed by atoms with van der Waals surface area (Å²) in [4.78, 5) is 8.74. The van der Waals surface area contributed by atoms with Gasteiger partial charge in [0.1, 0.15) is 11.5 Å². The first kappa shape index (κ1) is 19.9. The molecule has 0 bridgehead atoms. The number of nitrogens with two attached hydrogens (primary N) is 1. The van der Waals surface area contributed by atoms with Crippen molar-refractivity contribution in [1.82, 2.24) is 9.97 Å². The lowest BCUT2D eigenvalue weighted by atomic mass is 10.1. The summed E-state index contributed by atoms with van der Waals surface area (Å²) in [7, 11) is 1.67. The lowest BCUT2D eigenvalue weighted by Crippen LogP contribution is -2.01. The SMILES string of the molecule is COc1ccc(OCCCCCCCCc2nc(N)nc3ccccc23)cc1. The molecule has 3 rings (SSSR count). The third-order valence-electron chi connectivity index (χ3n) is 4.84. The predicted molar refractivity (Wildman–Crippen MR) is 114 cm³/mol. The number of unbranched alkanes of at least 4 members (excludes halogenated alkanes) is 5. The van der Waals surface area contributed by atoms with Crippen LogP contribution in [0.5, 0.6) is 11.5 Å². The van der Waals surface area contributed by atoms with E-state index in [4.69, 9.17) is 15.2 Å². The number of nitrogens with zero attached hydrogens (tertiary/aromatic N) is 2. The Bertz CT molecular complexity index is 865. The number of methoxy groups -OCH3 is 1. The van der Waals surface area contributed by atoms with Gasteiger partial charge in [-0.15, -0.1) is 0 Å². The summed E-state index contributed by atoms with van der Waals surface area (Å²) in [5.41, 5.74) is 7.84. The number of fused-ring (bicyclic) bond motifs is 1. The van der Waals surface area contributed by atoms with Crippen LogP contribution < -0.4 is 15.2 Å². The van der Waals surface area contributed by atoms with E-state index in [2.05, 4.69) is 16.0 Å². The van der Waals surface area contributed by atoms with Gasteiger partial charge in [-0.1, -0.05) is 43.9 Å². The molecule has 2 aromatic carbocycles. The number of rotatable bonds is 11. The number of nitrogen functional groups attached to an aromatic ring is 1. The van der Waals surface area contributed by atoms with Gasteiger partial charge in [-0.2, -0.15) is 0 Å². The Morgan fingerprint density at radius 3 is 2.25 bits per heavy atom. The molecule has 1 aromatic heterocycles. The summed E-state index contributed by atoms with van der Waals surface area (Å²) in [5.74, 6) is 2.12. The number of ether oxygens (including phenoxy) is 2. The van der Waals surface area contributed by atoms with Crippen LogP contribution in [0.1, 0.15) is 44.2 Å². The van der Waals surface area contributed by atoms with Crippen LogP contribution in [-0.4, -0.2) is 23.7 Å². The van der Waals surface area contributed by atoms with Gasteiger partial charge in [0.25, 0.3) is 0 Å². The second kappa shape index (κ2) is 10.5. The number of hydrogen-bond acceptors (Lipinski definition) is 5. The van der Waals surface area contributed by atoms with E-state index in [1.807, 2.05) is 42.5 Å². The van der Waals surface area contributed by atoms with Gasteiger partial charge < -0.3 is 15.2 Å². The first-order valence-electron chi connectivity index (χ1n) is 10.0. The molecule has 0 unspecified atom stereocenters. The zero-order valence-corrected chi connectivity index (χ0v) is 16.6. The van der Waals surface area contributed by atoms with Crippen molar-refractivity contribution in [3.8, 4) is 11.5 Å². The normalized spacial score (nSPS) is 10.9. The van der Waals surface area contributed by atoms with Crippen LogP contribution in [0.15, 0.2) is 48.5 Å². The Balaban J connectivity index is 1.28. The van der Waals surface area contributed by atoms with E-state index in [1.165, 1.54) is 25.7 Å². The minimum absolute atomic E-state index is 0.366. The van der Waals surface area contributed by atoms with Gasteiger partial charge in [0, 0.05) is 5.39 Å². The van der Waals surface area contributed by atoms with Crippen molar-refractivity contribution >= 4 is 16.9 Å². The van der Waals surface area contributed by atoms with Crippen molar-refractivity contribution in [3.05, 3.63) is 54.2 Å². The molecule has 0 aliphatic carbocycles. The summed E-state index contributed by atoms with van der Waals surface area (Å²) >= 11 is 0. The molecule has 0 radical (unpaired) electrons. The van der Waals surface area contributed by atoms with E-state index in [9.17, 15) is 0 Å². The maximum absolute atomic E-state index is 5.84. The topological polar surface area (TPSA) is 70.3 Å². The summed E-state index contributed by atoms with van der Waals surface area (Å²) in [5, 5.41) is 1.12. The predicted octanol–water partition coefficient (Wildman–Crippen LogP) is 5.18. The van der Waals surface area contributed by atoms with Crippen LogP contribution in [0.2, 0.25) is 0 Å². The van der Waals surface area contributed by atoms with Crippen molar-refractivity contribution in [2.45, 2.75) is 44.9 Å². The van der Waals surface area contributed by atoms with Gasteiger partial charge in [0.2, 0.25) is 5.95 Å². The highest BCUT2D eigenvalue weighted by atomic mass is 16.5. The molecule has 0 saturated carbocycles. The van der Waals surface area contributed by atoms with E-state index in [0.29, 0.717) is 5.95 Å². The molecule has 5 heteroatoms. The average Bonchev–Trinajstić information content (AvgIpc) is 2.72. The Labute approximate surface area is 166 Å². The van der Waals surface area contributed by atoms with Gasteiger partial charge >= 0.3 is 0 Å². The van der Waals surface area contributed by atoms with Crippen molar-refractivity contribution < 1.29 is 9.47 Å². The average molecular weight is 380 g/mol. The van der Waals surface area contributed by atoms with E-state index >= 15 is 0 Å². The Kier molecular flexibility index (Phi) is 7.47. The molecule has 0 amide bonds. The Hall–Kier alpha value is -2.82. The zero-order valence-electron chi connectivity index (χ0n) is 16.6. The second-order valence-electron chi connectivity index (χ2n) is 6.94. The fourth-order valence-corrected chi connectivity index (χ4v) is 3.32. The fourth-order valence-electron chi connectivity index (χ4n) is 3.32. The van der Waals surface area contributed by atoms with Crippen LogP contribution in [0, 0.1) is 0 Å². The summed E-state index contributed by atoms with van der Waals surface area (Å²) in [6, 6.07) is 15.8. The molecule has 0 spiro atoms. The van der Waals surface area contributed by atoms with Crippen molar-refractivity contribution in [2.75, 3.05) is 19.5 Å². The van der Waals surface area contributed by atoms with Gasteiger partial charge in [-0.3, -0.25) is 0 Å². The number of aromatic nitrogens is 2. The molecule has 5 nitrogen and oxygen atoms in total. The summed E-state index contributed by atoms with van der Waals surface area (Å²) < 4.78 is 10.9. The molecule has 0 aliphatic rings. The van der Waals surface area contributed by atoms with Crippen molar-refractivity contribution in [2.24, 2.45) is 0 Å². The maximum Gasteiger partial charge on any atom is 0.220 e. The van der Waals surface area contributed by atoms with E-state index in [-0.39, 0.29) is 0 Å². The minimum Gasteiger partial charge on any atom is -0.497 e. The fraction of sp³-hybridized carbons (Fsp3) is 0.391. The quantitative estimate of drug-likeness (QED) is 0.465. The lowest BCUT2D eigenvalue weighted by molar-refractivity contribution is 0.303. The molecular formula is C23H29N3O2. The highest BCUT2D eigenvalue weighted by Gasteiger charge is 2.05. The number of anilines is 1. The Morgan fingerprint density at radius 2 is 1.46 bits per heavy atom. The highest BCUT2D eigenvalue weighted by Crippen LogP contribution is 2.19. The molecule has 148 valence electrons. The molecule has 0 atom stereocenters. The summed E-state index contributed by atoms with van der Waals surface area (Å²) in [6.07, 6.45) is 8.03. The van der Waals surface area contributed by atoms with E-state index < -0.39 is 0 Å². The van der Waals surface area contributed by atoms with Crippen LogP contribution in [-0.2, 0) is 6.42 Å². The smallest absolute Gasteiger partial charge is 0.220 e. The minimum atomic E-state index is 0.366. The first-order chi connectivity index (χ1) is 13.8. The molecule has 1 heterocycles. The van der Waals surface area contributed by atoms with Crippen LogP contribution in [0.25, 0.3) is 10.9 Å². The number of benzene rings is 2. The van der Waals surface area contributed by atoms with Crippen molar-refractivity contribution in [1.29, 1.82) is 0 Å². The highest BCUT2D eigenvalue weighted by molar-refractivity contribution is 5.81. The monoisotopic (exact) mass is 379 g/mol. The largest absolute Gasteiger partial charge is 0.497 e. The molecule has 3 aromatic rings. The maximum atomic E-state index is 5.84. The number of hydrogen-bond donors (Lipinski definition) is 1. The molecular weight excluding hydrogens is 350 g/mol. The standard InChI is InChI=1S/C23H29N3O2/c1-27-18-13-15-19(16-14-18)28-17-9-5-3-2-4-6-11-21-20-10-7-8-12-22(20)26-23(24)25-21/h7-8,10,12-16H,2-6,9,11,17H2,1H3,(H2,24,25,26).